The van der Waals surface area contributed by atoms with E-state index in [4.69, 9.17) is 15.2 Å². The van der Waals surface area contributed by atoms with Crippen molar-refractivity contribution in [3.63, 3.8) is 0 Å². The smallest absolute Gasteiger partial charge is 0.163 e. The molecule has 0 saturated carbocycles. The lowest BCUT2D eigenvalue weighted by Crippen LogP contribution is -2.15. The molecular weight excluding hydrogens is 297 g/mol. The fraction of sp³-hybridized carbons (Fsp3) is 0.235. The third-order valence-electron chi connectivity index (χ3n) is 3.85. The molecule has 2 N–H and O–H groups in total. The van der Waals surface area contributed by atoms with E-state index in [1.165, 1.54) is 12.1 Å². The first-order valence-electron chi connectivity index (χ1n) is 7.52. The number of hydrogen-bond acceptors (Lipinski definition) is 4. The molecule has 0 amide bonds. The number of rotatable bonds is 3. The molecule has 1 aromatic heterocycles. The molecule has 2 aromatic carbocycles. The van der Waals surface area contributed by atoms with Gasteiger partial charge in [-0.1, -0.05) is 12.1 Å². The van der Waals surface area contributed by atoms with Gasteiger partial charge in [0.15, 0.2) is 11.5 Å². The normalized spacial score (nSPS) is 13.5. The summed E-state index contributed by atoms with van der Waals surface area (Å²) in [5.41, 5.74) is 8.15. The highest BCUT2D eigenvalue weighted by Gasteiger charge is 2.18. The van der Waals surface area contributed by atoms with Gasteiger partial charge in [-0.05, 0) is 12.1 Å². The van der Waals surface area contributed by atoms with Gasteiger partial charge in [0.2, 0.25) is 0 Å². The molecule has 0 saturated heterocycles. The predicted octanol–water partition coefficient (Wildman–Crippen LogP) is 2.57. The van der Waals surface area contributed by atoms with E-state index < -0.39 is 0 Å². The average Bonchev–Trinajstić information content (AvgIpc) is 2.91. The molecule has 23 heavy (non-hydrogen) atoms. The zero-order valence-electron chi connectivity index (χ0n) is 12.5. The molecule has 0 atom stereocenters. The van der Waals surface area contributed by atoms with Crippen LogP contribution < -0.4 is 15.2 Å². The van der Waals surface area contributed by atoms with E-state index in [0.717, 1.165) is 16.6 Å². The Bertz CT molecular complexity index is 876. The van der Waals surface area contributed by atoms with Crippen LogP contribution in [-0.2, 0) is 6.54 Å². The van der Waals surface area contributed by atoms with Crippen molar-refractivity contribution in [3.8, 4) is 22.9 Å². The van der Waals surface area contributed by atoms with Crippen LogP contribution in [-0.4, -0.2) is 29.3 Å². The minimum Gasteiger partial charge on any atom is -0.486 e. The lowest BCUT2D eigenvalue weighted by Gasteiger charge is -2.18. The Kier molecular flexibility index (Phi) is 3.38. The van der Waals surface area contributed by atoms with E-state index in [1.807, 2.05) is 22.8 Å². The van der Waals surface area contributed by atoms with Crippen molar-refractivity contribution < 1.29 is 13.9 Å². The van der Waals surface area contributed by atoms with Crippen molar-refractivity contribution in [2.45, 2.75) is 6.54 Å². The lowest BCUT2D eigenvalue weighted by atomic mass is 10.2. The maximum atomic E-state index is 13.6. The summed E-state index contributed by atoms with van der Waals surface area (Å²) in [6, 6.07) is 10.2. The summed E-state index contributed by atoms with van der Waals surface area (Å²) in [4.78, 5) is 4.66. The monoisotopic (exact) mass is 313 g/mol. The van der Waals surface area contributed by atoms with Crippen LogP contribution in [0.1, 0.15) is 0 Å². The topological polar surface area (TPSA) is 62.3 Å². The maximum absolute atomic E-state index is 13.6. The van der Waals surface area contributed by atoms with Crippen LogP contribution >= 0.6 is 0 Å². The summed E-state index contributed by atoms with van der Waals surface area (Å²) in [7, 11) is 0. The van der Waals surface area contributed by atoms with Crippen LogP contribution in [0.3, 0.4) is 0 Å². The first-order chi connectivity index (χ1) is 11.3. The second-order valence-electron chi connectivity index (χ2n) is 5.37. The zero-order valence-corrected chi connectivity index (χ0v) is 12.5. The molecule has 2 heterocycles. The summed E-state index contributed by atoms with van der Waals surface area (Å²) >= 11 is 0. The highest BCUT2D eigenvalue weighted by molar-refractivity contribution is 5.84. The van der Waals surface area contributed by atoms with Crippen LogP contribution in [0.15, 0.2) is 36.4 Å². The van der Waals surface area contributed by atoms with E-state index in [-0.39, 0.29) is 5.82 Å². The third kappa shape index (κ3) is 2.41. The Labute approximate surface area is 132 Å². The van der Waals surface area contributed by atoms with Gasteiger partial charge in [-0.15, -0.1) is 0 Å². The number of benzene rings is 2. The molecule has 0 spiro atoms. The summed E-state index contributed by atoms with van der Waals surface area (Å²) in [6.45, 7) is 2.10. The Hall–Kier alpha value is -2.60. The quantitative estimate of drug-likeness (QED) is 0.807. The van der Waals surface area contributed by atoms with Crippen molar-refractivity contribution in [2.75, 3.05) is 19.8 Å². The second kappa shape index (κ2) is 5.55. The molecule has 0 fully saturated rings. The standard InChI is InChI=1S/C17H16FN3O2/c18-12-3-1-2-11(8-12)17-20-13-9-15-16(23-7-6-22-15)10-14(13)21(17)5-4-19/h1-3,8-10H,4-7,19H2. The second-order valence-corrected chi connectivity index (χ2v) is 5.37. The molecule has 0 bridgehead atoms. The molecule has 1 aliphatic heterocycles. The molecule has 0 unspecified atom stereocenters. The van der Waals surface area contributed by atoms with Crippen LogP contribution in [0.2, 0.25) is 0 Å². The largest absolute Gasteiger partial charge is 0.486 e. The van der Waals surface area contributed by atoms with Gasteiger partial charge in [0.25, 0.3) is 0 Å². The first kappa shape index (κ1) is 14.0. The minimum atomic E-state index is -0.292. The van der Waals surface area contributed by atoms with E-state index in [9.17, 15) is 4.39 Å². The maximum Gasteiger partial charge on any atom is 0.163 e. The highest BCUT2D eigenvalue weighted by atomic mass is 19.1. The average molecular weight is 313 g/mol. The Morgan fingerprint density at radius 3 is 2.65 bits per heavy atom. The number of halogens is 1. The van der Waals surface area contributed by atoms with Crippen LogP contribution in [0.4, 0.5) is 4.39 Å². The van der Waals surface area contributed by atoms with Crippen molar-refractivity contribution in [3.05, 3.63) is 42.2 Å². The predicted molar refractivity (Wildman–Crippen MR) is 85.2 cm³/mol. The van der Waals surface area contributed by atoms with Gasteiger partial charge in [-0.3, -0.25) is 0 Å². The van der Waals surface area contributed by atoms with Gasteiger partial charge < -0.3 is 19.8 Å². The molecule has 118 valence electrons. The van der Waals surface area contributed by atoms with Gasteiger partial charge in [0.05, 0.1) is 11.0 Å². The van der Waals surface area contributed by atoms with Crippen molar-refractivity contribution in [2.24, 2.45) is 5.73 Å². The van der Waals surface area contributed by atoms with Gasteiger partial charge in [-0.25, -0.2) is 9.37 Å². The summed E-state index contributed by atoms with van der Waals surface area (Å²) in [5.74, 6) is 1.78. The SMILES string of the molecule is NCCn1c(-c2cccc(F)c2)nc2cc3c(cc21)OCCO3. The zero-order chi connectivity index (χ0) is 15.8. The number of fused-ring (bicyclic) bond motifs is 2. The number of aromatic nitrogens is 2. The van der Waals surface area contributed by atoms with Crippen molar-refractivity contribution in [1.29, 1.82) is 0 Å². The Morgan fingerprint density at radius 1 is 1.13 bits per heavy atom. The molecule has 5 nitrogen and oxygen atoms in total. The van der Waals surface area contributed by atoms with E-state index in [2.05, 4.69) is 4.98 Å². The van der Waals surface area contributed by atoms with Gasteiger partial charge in [0, 0.05) is 30.8 Å². The number of hydrogen-bond donors (Lipinski definition) is 1. The molecular formula is C17H16FN3O2. The summed E-state index contributed by atoms with van der Waals surface area (Å²) in [6.07, 6.45) is 0. The fourth-order valence-electron chi connectivity index (χ4n) is 2.87. The van der Waals surface area contributed by atoms with Crippen LogP contribution in [0, 0.1) is 5.82 Å². The van der Waals surface area contributed by atoms with E-state index in [1.54, 1.807) is 6.07 Å². The molecule has 3 aromatic rings. The minimum absolute atomic E-state index is 0.292. The highest BCUT2D eigenvalue weighted by Crippen LogP contribution is 2.36. The van der Waals surface area contributed by atoms with Crippen molar-refractivity contribution in [1.82, 2.24) is 9.55 Å². The van der Waals surface area contributed by atoms with Crippen molar-refractivity contribution >= 4 is 11.0 Å². The summed E-state index contributed by atoms with van der Waals surface area (Å²) < 4.78 is 26.8. The van der Waals surface area contributed by atoms with E-state index >= 15 is 0 Å². The first-order valence-corrected chi connectivity index (χ1v) is 7.52. The van der Waals surface area contributed by atoms with Crippen LogP contribution in [0.25, 0.3) is 22.4 Å². The molecule has 6 heteroatoms. The Balaban J connectivity index is 1.94. The number of imidazole rings is 1. The molecule has 0 aliphatic carbocycles. The fourth-order valence-corrected chi connectivity index (χ4v) is 2.87. The third-order valence-corrected chi connectivity index (χ3v) is 3.85. The molecule has 1 aliphatic rings. The number of nitrogens with zero attached hydrogens (tertiary/aromatic N) is 2. The number of ether oxygens (including phenoxy) is 2. The molecule has 4 rings (SSSR count). The summed E-state index contributed by atoms with van der Waals surface area (Å²) in [5, 5.41) is 0. The van der Waals surface area contributed by atoms with Crippen LogP contribution in [0.5, 0.6) is 11.5 Å². The molecule has 0 radical (unpaired) electrons. The van der Waals surface area contributed by atoms with E-state index in [0.29, 0.717) is 43.6 Å². The number of nitrogens with two attached hydrogens (primary N) is 1. The van der Waals surface area contributed by atoms with Gasteiger partial charge >= 0.3 is 0 Å². The lowest BCUT2D eigenvalue weighted by molar-refractivity contribution is 0.172. The van der Waals surface area contributed by atoms with Gasteiger partial charge in [0.1, 0.15) is 24.9 Å². The Morgan fingerprint density at radius 2 is 1.91 bits per heavy atom. The van der Waals surface area contributed by atoms with Gasteiger partial charge in [-0.2, -0.15) is 0 Å².